The maximum atomic E-state index is 12.6. The Morgan fingerprint density at radius 2 is 2.05 bits per heavy atom. The number of rotatable bonds is 3. The van der Waals surface area contributed by atoms with E-state index in [9.17, 15) is 18.3 Å². The molecule has 0 bridgehead atoms. The van der Waals surface area contributed by atoms with Crippen molar-refractivity contribution in [3.8, 4) is 0 Å². The van der Waals surface area contributed by atoms with Gasteiger partial charge in [0.2, 0.25) is 5.95 Å². The predicted octanol–water partition coefficient (Wildman–Crippen LogP) is 3.73. The Kier molecular flexibility index (Phi) is 4.78. The van der Waals surface area contributed by atoms with Crippen molar-refractivity contribution in [3.05, 3.63) is 39.0 Å². The van der Waals surface area contributed by atoms with Crippen molar-refractivity contribution in [2.45, 2.75) is 12.8 Å². The van der Waals surface area contributed by atoms with E-state index in [1.54, 1.807) is 6.07 Å². The van der Waals surface area contributed by atoms with Crippen LogP contribution in [-0.2, 0) is 12.8 Å². The minimum atomic E-state index is -4.62. The van der Waals surface area contributed by atoms with Crippen molar-refractivity contribution >= 4 is 45.0 Å². The minimum absolute atomic E-state index is 0.118. The van der Waals surface area contributed by atoms with Crippen LogP contribution in [0.5, 0.6) is 0 Å². The zero-order valence-electron chi connectivity index (χ0n) is 10.7. The molecule has 0 saturated carbocycles. The molecule has 0 saturated heterocycles. The average Bonchev–Trinajstić information content (AvgIpc) is 2.41. The van der Waals surface area contributed by atoms with E-state index in [0.29, 0.717) is 26.9 Å². The first-order chi connectivity index (χ1) is 10.2. The van der Waals surface area contributed by atoms with E-state index >= 15 is 0 Å². The number of nitrogens with zero attached hydrogens (tertiary/aromatic N) is 2. The number of nitrogens with one attached hydrogen (secondary N) is 1. The lowest BCUT2D eigenvalue weighted by atomic mass is 10.2. The van der Waals surface area contributed by atoms with Gasteiger partial charge in [-0.15, -0.1) is 0 Å². The smallest absolute Gasteiger partial charge is 0.392 e. The normalized spacial score (nSPS) is 11.5. The average molecular weight is 398 g/mol. The Morgan fingerprint density at radius 3 is 2.59 bits per heavy atom. The van der Waals surface area contributed by atoms with Crippen molar-refractivity contribution < 1.29 is 18.3 Å². The fraction of sp³-hybridized carbons (Fsp3) is 0.167. The molecule has 1 heterocycles. The summed E-state index contributed by atoms with van der Waals surface area (Å²) in [6.07, 6.45) is -4.02. The van der Waals surface area contributed by atoms with Crippen LogP contribution in [-0.4, -0.2) is 15.1 Å². The van der Waals surface area contributed by atoms with Gasteiger partial charge in [-0.25, -0.2) is 4.98 Å². The molecule has 0 fully saturated rings. The number of hydrogen-bond donors (Lipinski definition) is 3. The van der Waals surface area contributed by atoms with E-state index in [1.165, 1.54) is 6.07 Å². The third-order valence-electron chi connectivity index (χ3n) is 2.65. The van der Waals surface area contributed by atoms with Crippen molar-refractivity contribution in [3.63, 3.8) is 0 Å². The molecule has 22 heavy (non-hydrogen) atoms. The van der Waals surface area contributed by atoms with Crippen LogP contribution in [0.1, 0.15) is 11.1 Å². The maximum Gasteiger partial charge on any atom is 0.421 e. The first kappa shape index (κ1) is 16.8. The predicted molar refractivity (Wildman–Crippen MR) is 79.8 cm³/mol. The molecule has 0 aliphatic rings. The number of anilines is 3. The fourth-order valence-corrected chi connectivity index (χ4v) is 2.23. The van der Waals surface area contributed by atoms with Gasteiger partial charge in [0.25, 0.3) is 0 Å². The van der Waals surface area contributed by atoms with Gasteiger partial charge in [-0.2, -0.15) is 18.2 Å². The standard InChI is InChI=1S/C12H9BrClF3N4O/c13-9-5(4-22)1-6(2-8(9)14)20-11-19-3-7(10(18)21-11)12(15,16)17/h1-3,22H,4H2,(H3,18,19,20,21). The summed E-state index contributed by atoms with van der Waals surface area (Å²) in [4.78, 5) is 7.13. The lowest BCUT2D eigenvalue weighted by Crippen LogP contribution is -2.12. The highest BCUT2D eigenvalue weighted by Gasteiger charge is 2.34. The summed E-state index contributed by atoms with van der Waals surface area (Å²) in [6, 6.07) is 3.05. The highest BCUT2D eigenvalue weighted by molar-refractivity contribution is 9.10. The van der Waals surface area contributed by atoms with Crippen LogP contribution in [0.4, 0.5) is 30.6 Å². The number of halogens is 5. The van der Waals surface area contributed by atoms with Crippen molar-refractivity contribution in [1.82, 2.24) is 9.97 Å². The molecule has 0 aliphatic heterocycles. The molecule has 118 valence electrons. The molecule has 0 atom stereocenters. The number of aliphatic hydroxyl groups is 1. The molecule has 0 amide bonds. The number of benzene rings is 1. The molecular weight excluding hydrogens is 389 g/mol. The van der Waals surface area contributed by atoms with Crippen LogP contribution in [0.2, 0.25) is 5.02 Å². The lowest BCUT2D eigenvalue weighted by molar-refractivity contribution is -0.137. The van der Waals surface area contributed by atoms with Crippen LogP contribution in [0.25, 0.3) is 0 Å². The number of alkyl halides is 3. The molecule has 5 nitrogen and oxygen atoms in total. The number of nitrogens with two attached hydrogens (primary N) is 1. The third-order valence-corrected chi connectivity index (χ3v) is 4.12. The summed E-state index contributed by atoms with van der Waals surface area (Å²) in [5.74, 6) is -0.802. The Labute approximate surface area is 136 Å². The van der Waals surface area contributed by atoms with Gasteiger partial charge in [-0.1, -0.05) is 11.6 Å². The summed E-state index contributed by atoms with van der Waals surface area (Å²) in [6.45, 7) is -0.272. The molecule has 0 unspecified atom stereocenters. The van der Waals surface area contributed by atoms with Crippen LogP contribution in [0, 0.1) is 0 Å². The second-order valence-corrected chi connectivity index (χ2v) is 5.40. The van der Waals surface area contributed by atoms with E-state index in [4.69, 9.17) is 17.3 Å². The van der Waals surface area contributed by atoms with Gasteiger partial charge in [0.1, 0.15) is 11.4 Å². The van der Waals surface area contributed by atoms with Gasteiger partial charge in [0, 0.05) is 16.4 Å². The first-order valence-electron chi connectivity index (χ1n) is 5.78. The molecule has 4 N–H and O–H groups in total. The van der Waals surface area contributed by atoms with E-state index in [2.05, 4.69) is 31.2 Å². The Balaban J connectivity index is 2.32. The summed E-state index contributed by atoms with van der Waals surface area (Å²) in [5.41, 5.74) is 5.07. The molecular formula is C12H9BrClF3N4O. The number of aromatic nitrogens is 2. The first-order valence-corrected chi connectivity index (χ1v) is 6.95. The van der Waals surface area contributed by atoms with Gasteiger partial charge >= 0.3 is 6.18 Å². The van der Waals surface area contributed by atoms with Crippen molar-refractivity contribution in [1.29, 1.82) is 0 Å². The van der Waals surface area contributed by atoms with Crippen LogP contribution in [0.3, 0.4) is 0 Å². The molecule has 2 rings (SSSR count). The molecule has 0 spiro atoms. The molecule has 1 aromatic carbocycles. The molecule has 10 heteroatoms. The van der Waals surface area contributed by atoms with Crippen LogP contribution < -0.4 is 11.1 Å². The molecule has 2 aromatic rings. The quantitative estimate of drug-likeness (QED) is 0.735. The van der Waals surface area contributed by atoms with E-state index in [1.807, 2.05) is 0 Å². The second-order valence-electron chi connectivity index (χ2n) is 4.20. The molecule has 1 aromatic heterocycles. The summed E-state index contributed by atoms with van der Waals surface area (Å²) >= 11 is 9.18. The second kappa shape index (κ2) is 6.27. The summed E-state index contributed by atoms with van der Waals surface area (Å²) in [5, 5.41) is 12.2. The Bertz CT molecular complexity index is 712. The summed E-state index contributed by atoms with van der Waals surface area (Å²) < 4.78 is 38.2. The number of aliphatic hydroxyl groups excluding tert-OH is 1. The van der Waals surface area contributed by atoms with E-state index in [0.717, 1.165) is 0 Å². The zero-order chi connectivity index (χ0) is 16.5. The number of nitrogen functional groups attached to an aromatic ring is 1. The topological polar surface area (TPSA) is 84.1 Å². The van der Waals surface area contributed by atoms with Crippen molar-refractivity contribution in [2.24, 2.45) is 0 Å². The van der Waals surface area contributed by atoms with Gasteiger partial charge in [0.15, 0.2) is 0 Å². The highest BCUT2D eigenvalue weighted by atomic mass is 79.9. The molecule has 0 aliphatic carbocycles. The number of hydrogen-bond acceptors (Lipinski definition) is 5. The SMILES string of the molecule is Nc1nc(Nc2cc(Cl)c(Br)c(CO)c2)ncc1C(F)(F)F. The minimum Gasteiger partial charge on any atom is -0.392 e. The Morgan fingerprint density at radius 1 is 1.36 bits per heavy atom. The summed E-state index contributed by atoms with van der Waals surface area (Å²) in [7, 11) is 0. The third kappa shape index (κ3) is 3.60. The monoisotopic (exact) mass is 396 g/mol. The van der Waals surface area contributed by atoms with E-state index < -0.39 is 17.6 Å². The fourth-order valence-electron chi connectivity index (χ4n) is 1.64. The van der Waals surface area contributed by atoms with Gasteiger partial charge in [-0.05, 0) is 33.6 Å². The highest BCUT2D eigenvalue weighted by Crippen LogP contribution is 2.34. The largest absolute Gasteiger partial charge is 0.421 e. The lowest BCUT2D eigenvalue weighted by Gasteiger charge is -2.12. The van der Waals surface area contributed by atoms with Crippen LogP contribution >= 0.6 is 27.5 Å². The molecule has 0 radical (unpaired) electrons. The van der Waals surface area contributed by atoms with Gasteiger partial charge in [0.05, 0.1) is 11.6 Å². The Hall–Kier alpha value is -1.58. The maximum absolute atomic E-state index is 12.6. The van der Waals surface area contributed by atoms with Crippen molar-refractivity contribution in [2.75, 3.05) is 11.1 Å². The van der Waals surface area contributed by atoms with E-state index in [-0.39, 0.29) is 12.6 Å². The van der Waals surface area contributed by atoms with Gasteiger partial charge in [-0.3, -0.25) is 0 Å². The zero-order valence-corrected chi connectivity index (χ0v) is 13.1. The van der Waals surface area contributed by atoms with Gasteiger partial charge < -0.3 is 16.2 Å². The van der Waals surface area contributed by atoms with Crippen LogP contribution in [0.15, 0.2) is 22.8 Å².